The predicted octanol–water partition coefficient (Wildman–Crippen LogP) is 4.70. The van der Waals surface area contributed by atoms with Gasteiger partial charge in [-0.1, -0.05) is 5.21 Å². The highest BCUT2D eigenvalue weighted by atomic mass is 16.7. The molecule has 1 aliphatic carbocycles. The summed E-state index contributed by atoms with van der Waals surface area (Å²) in [5.41, 5.74) is 2.29. The average molecular weight is 554 g/mol. The molecular weight excluding hydrogens is 522 g/mol. The highest BCUT2D eigenvalue weighted by Gasteiger charge is 2.30. The van der Waals surface area contributed by atoms with E-state index in [9.17, 15) is 19.7 Å². The molecule has 1 aliphatic rings. The average Bonchev–Trinajstić information content (AvgIpc) is 3.28. The third kappa shape index (κ3) is 7.10. The maximum Gasteiger partial charge on any atom is 0.514 e. The Hall–Kier alpha value is -4.55. The fourth-order valence-corrected chi connectivity index (χ4v) is 4.42. The van der Waals surface area contributed by atoms with E-state index in [2.05, 4.69) is 15.3 Å². The van der Waals surface area contributed by atoms with Crippen LogP contribution in [0.4, 0.5) is 10.5 Å². The third-order valence-electron chi connectivity index (χ3n) is 6.41. The van der Waals surface area contributed by atoms with Crippen LogP contribution in [0.1, 0.15) is 50.8 Å². The summed E-state index contributed by atoms with van der Waals surface area (Å²) in [5, 5.41) is 19.0. The second-order valence-electron chi connectivity index (χ2n) is 9.84. The number of nitrogens with zero attached hydrogens (tertiary/aromatic N) is 5. The number of carbonyl (C=O) groups excluding carboxylic acids is 2. The van der Waals surface area contributed by atoms with Crippen molar-refractivity contribution in [1.82, 2.24) is 20.0 Å². The molecule has 0 radical (unpaired) electrons. The highest BCUT2D eigenvalue weighted by Crippen LogP contribution is 2.31. The molecule has 2 heterocycles. The molecule has 13 nitrogen and oxygen atoms in total. The molecule has 1 saturated carbocycles. The number of rotatable bonds is 9. The number of aromatic nitrogens is 4. The van der Waals surface area contributed by atoms with Crippen LogP contribution in [0.3, 0.4) is 0 Å². The van der Waals surface area contributed by atoms with Gasteiger partial charge in [0.1, 0.15) is 29.8 Å². The van der Waals surface area contributed by atoms with E-state index < -0.39 is 11.1 Å². The molecule has 0 saturated heterocycles. The number of ether oxygens (including phenoxy) is 4. The standard InChI is InChI=1S/C27H31N5O8/c1-16(2)38-26(33)18-6-5-7-22(13-18)39-25-17(3)12-19(14-28-25)24-23(31(4)30-29-24)15-37-27(34)40-21-10-8-20(9-11-21)32(35)36/h8-12,14,16,18,22H,5-7,13,15H2,1-4H3/t18-,22-/m0/s1. The molecule has 40 heavy (non-hydrogen) atoms. The molecule has 0 N–H and O–H groups in total. The van der Waals surface area contributed by atoms with Gasteiger partial charge in [-0.2, -0.15) is 0 Å². The Morgan fingerprint density at radius 1 is 1.20 bits per heavy atom. The molecular formula is C27H31N5O8. The van der Waals surface area contributed by atoms with E-state index in [1.54, 1.807) is 13.2 Å². The van der Waals surface area contributed by atoms with Crippen LogP contribution < -0.4 is 9.47 Å². The first-order valence-corrected chi connectivity index (χ1v) is 12.9. The second-order valence-corrected chi connectivity index (χ2v) is 9.84. The van der Waals surface area contributed by atoms with E-state index in [0.29, 0.717) is 29.3 Å². The summed E-state index contributed by atoms with van der Waals surface area (Å²) in [5.74, 6) is 0.211. The van der Waals surface area contributed by atoms with Gasteiger partial charge in [0.15, 0.2) is 0 Å². The molecule has 2 aromatic heterocycles. The Kier molecular flexibility index (Phi) is 8.92. The van der Waals surface area contributed by atoms with Gasteiger partial charge < -0.3 is 18.9 Å². The number of hydrogen-bond acceptors (Lipinski definition) is 11. The number of esters is 1. The lowest BCUT2D eigenvalue weighted by Gasteiger charge is -2.29. The van der Waals surface area contributed by atoms with Crippen molar-refractivity contribution in [3.8, 4) is 22.9 Å². The van der Waals surface area contributed by atoms with E-state index in [1.165, 1.54) is 28.9 Å². The van der Waals surface area contributed by atoms with Crippen molar-refractivity contribution in [1.29, 1.82) is 0 Å². The van der Waals surface area contributed by atoms with Gasteiger partial charge in [-0.3, -0.25) is 14.9 Å². The lowest BCUT2D eigenvalue weighted by atomic mass is 9.87. The molecule has 3 aromatic rings. The number of aryl methyl sites for hydroxylation is 2. The first-order chi connectivity index (χ1) is 19.1. The highest BCUT2D eigenvalue weighted by molar-refractivity contribution is 5.72. The van der Waals surface area contributed by atoms with Crippen molar-refractivity contribution in [2.45, 2.75) is 65.3 Å². The maximum atomic E-state index is 12.4. The predicted molar refractivity (Wildman–Crippen MR) is 140 cm³/mol. The minimum Gasteiger partial charge on any atom is -0.474 e. The first kappa shape index (κ1) is 28.5. The zero-order chi connectivity index (χ0) is 28.8. The smallest absolute Gasteiger partial charge is 0.474 e. The van der Waals surface area contributed by atoms with E-state index in [0.717, 1.165) is 24.8 Å². The summed E-state index contributed by atoms with van der Waals surface area (Å²) in [6, 6.07) is 6.92. The van der Waals surface area contributed by atoms with Crippen LogP contribution in [-0.4, -0.2) is 49.2 Å². The van der Waals surface area contributed by atoms with Crippen LogP contribution in [0.25, 0.3) is 11.3 Å². The molecule has 4 rings (SSSR count). The molecule has 212 valence electrons. The lowest BCUT2D eigenvalue weighted by Crippen LogP contribution is -2.32. The van der Waals surface area contributed by atoms with Crippen molar-refractivity contribution in [2.75, 3.05) is 0 Å². The SMILES string of the molecule is Cc1cc(-c2nnn(C)c2COC(=O)Oc2ccc([N+](=O)[O-])cc2)cnc1O[C@H]1CCC[C@H](C(=O)OC(C)C)C1. The molecule has 1 aromatic carbocycles. The normalized spacial score (nSPS) is 16.8. The van der Waals surface area contributed by atoms with Crippen LogP contribution in [0.2, 0.25) is 0 Å². The monoisotopic (exact) mass is 553 g/mol. The van der Waals surface area contributed by atoms with Crippen molar-refractivity contribution in [3.63, 3.8) is 0 Å². The summed E-state index contributed by atoms with van der Waals surface area (Å²) in [4.78, 5) is 39.3. The first-order valence-electron chi connectivity index (χ1n) is 12.9. The van der Waals surface area contributed by atoms with Crippen LogP contribution in [-0.2, 0) is 27.9 Å². The van der Waals surface area contributed by atoms with Gasteiger partial charge in [0.25, 0.3) is 5.69 Å². The molecule has 13 heteroatoms. The van der Waals surface area contributed by atoms with E-state index >= 15 is 0 Å². The topological polar surface area (TPSA) is 158 Å². The molecule has 0 unspecified atom stereocenters. The molecule has 0 spiro atoms. The Balaban J connectivity index is 1.38. The van der Waals surface area contributed by atoms with Gasteiger partial charge in [0.2, 0.25) is 5.88 Å². The quantitative estimate of drug-likeness (QED) is 0.156. The maximum absolute atomic E-state index is 12.4. The number of hydrogen-bond donors (Lipinski definition) is 0. The van der Waals surface area contributed by atoms with E-state index in [4.69, 9.17) is 18.9 Å². The molecule has 0 aliphatic heterocycles. The largest absolute Gasteiger partial charge is 0.514 e. The van der Waals surface area contributed by atoms with E-state index in [1.807, 2.05) is 26.8 Å². The van der Waals surface area contributed by atoms with Crippen molar-refractivity contribution < 1.29 is 33.5 Å². The summed E-state index contributed by atoms with van der Waals surface area (Å²) in [7, 11) is 1.67. The Bertz CT molecular complexity index is 1370. The molecule has 1 fully saturated rings. The summed E-state index contributed by atoms with van der Waals surface area (Å²) >= 11 is 0. The van der Waals surface area contributed by atoms with Gasteiger partial charge in [-0.05, 0) is 64.7 Å². The summed E-state index contributed by atoms with van der Waals surface area (Å²) < 4.78 is 23.4. The fourth-order valence-electron chi connectivity index (χ4n) is 4.42. The number of non-ortho nitro benzene ring substituents is 1. The van der Waals surface area contributed by atoms with Gasteiger partial charge >= 0.3 is 12.1 Å². The van der Waals surface area contributed by atoms with Crippen molar-refractivity contribution >= 4 is 17.8 Å². The number of pyridine rings is 1. The van der Waals surface area contributed by atoms with Crippen LogP contribution >= 0.6 is 0 Å². The number of nitro groups is 1. The zero-order valence-electron chi connectivity index (χ0n) is 22.7. The number of carbonyl (C=O) groups is 2. The second kappa shape index (κ2) is 12.5. The molecule has 0 amide bonds. The molecule has 0 bridgehead atoms. The van der Waals surface area contributed by atoms with E-state index in [-0.39, 0.29) is 42.1 Å². The van der Waals surface area contributed by atoms with Crippen LogP contribution in [0.5, 0.6) is 11.6 Å². The Labute approximate surface area is 230 Å². The Morgan fingerprint density at radius 2 is 1.95 bits per heavy atom. The van der Waals surface area contributed by atoms with Crippen LogP contribution in [0.15, 0.2) is 36.5 Å². The van der Waals surface area contributed by atoms with Crippen molar-refractivity contribution in [3.05, 3.63) is 57.9 Å². The van der Waals surface area contributed by atoms with Gasteiger partial charge in [-0.15, -0.1) is 5.10 Å². The number of benzene rings is 1. The fraction of sp³-hybridized carbons (Fsp3) is 0.444. The number of nitro benzene ring substituents is 1. The van der Waals surface area contributed by atoms with Crippen LogP contribution in [0, 0.1) is 23.0 Å². The van der Waals surface area contributed by atoms with Gasteiger partial charge in [0.05, 0.1) is 16.9 Å². The zero-order valence-corrected chi connectivity index (χ0v) is 22.7. The van der Waals surface area contributed by atoms with Crippen molar-refractivity contribution in [2.24, 2.45) is 13.0 Å². The molecule has 2 atom stereocenters. The van der Waals surface area contributed by atoms with Gasteiger partial charge in [-0.25, -0.2) is 14.5 Å². The minimum atomic E-state index is -0.984. The third-order valence-corrected chi connectivity index (χ3v) is 6.41. The lowest BCUT2D eigenvalue weighted by molar-refractivity contribution is -0.384. The summed E-state index contributed by atoms with van der Waals surface area (Å²) in [6.45, 7) is 5.36. The van der Waals surface area contributed by atoms with Gasteiger partial charge in [0, 0.05) is 36.5 Å². The Morgan fingerprint density at radius 3 is 2.62 bits per heavy atom. The minimum absolute atomic E-state index is 0.107. The summed E-state index contributed by atoms with van der Waals surface area (Å²) in [6.07, 6.45) is 3.40.